The van der Waals surface area contributed by atoms with E-state index in [2.05, 4.69) is 125 Å². The summed E-state index contributed by atoms with van der Waals surface area (Å²) in [5.41, 5.74) is 1.18. The number of unbranched alkanes of at least 4 members (excludes halogenated alkanes) is 1. The van der Waals surface area contributed by atoms with Gasteiger partial charge in [0.25, 0.3) is 8.32 Å². The minimum Gasteiger partial charge on any atom is -0.407 e. The molecule has 0 unspecified atom stereocenters. The van der Waals surface area contributed by atoms with Crippen LogP contribution in [0.1, 0.15) is 71.8 Å². The molecular weight excluding hydrogens is 601 g/mol. The number of rotatable bonds is 11. The molecule has 0 radical (unpaired) electrons. The van der Waals surface area contributed by atoms with Crippen LogP contribution in [-0.4, -0.2) is 45.3 Å². The summed E-state index contributed by atoms with van der Waals surface area (Å²) in [7, 11) is -2.51. The molecule has 0 saturated carbocycles. The van der Waals surface area contributed by atoms with E-state index in [1.807, 2.05) is 18.2 Å². The van der Waals surface area contributed by atoms with Gasteiger partial charge >= 0.3 is 0 Å². The molecule has 5 atom stereocenters. The van der Waals surface area contributed by atoms with Gasteiger partial charge in [0.05, 0.1) is 25.4 Å². The lowest BCUT2D eigenvalue weighted by Gasteiger charge is -2.44. The van der Waals surface area contributed by atoms with Crippen molar-refractivity contribution in [3.05, 3.63) is 121 Å². The normalized spacial score (nSPS) is 28.0. The molecule has 2 fully saturated rings. The molecule has 3 aliphatic rings. The predicted molar refractivity (Wildman–Crippen MR) is 191 cm³/mol. The van der Waals surface area contributed by atoms with E-state index in [0.717, 1.165) is 38.5 Å². The van der Waals surface area contributed by atoms with E-state index in [1.54, 1.807) is 0 Å². The SMILES string of the molecule is C[C@H]1C[C@H](OCc2ccccc2)CO[C@@]12CC[C@]1(C=CC[C@@H](/C=C/CCCO[Si](c3ccccc3)(c3ccccc3)C(C)(C)C)O1)O2. The Morgan fingerprint density at radius 1 is 0.894 bits per heavy atom. The zero-order valence-corrected chi connectivity index (χ0v) is 29.6. The van der Waals surface area contributed by atoms with Gasteiger partial charge in [-0.15, -0.1) is 0 Å². The van der Waals surface area contributed by atoms with Gasteiger partial charge in [-0.1, -0.05) is 137 Å². The largest absolute Gasteiger partial charge is 0.407 e. The zero-order chi connectivity index (χ0) is 32.8. The summed E-state index contributed by atoms with van der Waals surface area (Å²) >= 11 is 0. The second kappa shape index (κ2) is 14.7. The van der Waals surface area contributed by atoms with E-state index in [0.29, 0.717) is 19.8 Å². The molecule has 0 aliphatic carbocycles. The smallest absolute Gasteiger partial charge is 0.261 e. The molecule has 3 aromatic rings. The number of hydrogen-bond acceptors (Lipinski definition) is 5. The van der Waals surface area contributed by atoms with Crippen LogP contribution in [0.25, 0.3) is 0 Å². The van der Waals surface area contributed by atoms with Gasteiger partial charge in [0.2, 0.25) is 0 Å². The van der Waals surface area contributed by atoms with Crippen molar-refractivity contribution in [1.29, 1.82) is 0 Å². The van der Waals surface area contributed by atoms with Gasteiger partial charge in [0, 0.05) is 25.4 Å². The fourth-order valence-electron chi connectivity index (χ4n) is 7.59. The Hall–Kier alpha value is -2.84. The summed E-state index contributed by atoms with van der Waals surface area (Å²) < 4.78 is 33.1. The summed E-state index contributed by atoms with van der Waals surface area (Å²) in [6.45, 7) is 11.1. The Bertz CT molecular complexity index is 1430. The molecule has 47 heavy (non-hydrogen) atoms. The molecule has 0 aromatic heterocycles. The van der Waals surface area contributed by atoms with Gasteiger partial charge in [-0.05, 0) is 52.7 Å². The van der Waals surface area contributed by atoms with E-state index in [1.165, 1.54) is 15.9 Å². The van der Waals surface area contributed by atoms with Gasteiger partial charge < -0.3 is 23.4 Å². The predicted octanol–water partition coefficient (Wildman–Crippen LogP) is 8.09. The summed E-state index contributed by atoms with van der Waals surface area (Å²) in [6.07, 6.45) is 14.1. The molecule has 2 saturated heterocycles. The second-order valence-electron chi connectivity index (χ2n) is 14.5. The first-order valence-electron chi connectivity index (χ1n) is 17.5. The molecule has 0 bridgehead atoms. The third kappa shape index (κ3) is 7.59. The summed E-state index contributed by atoms with van der Waals surface area (Å²) in [5.74, 6) is -1.15. The van der Waals surface area contributed by atoms with Crippen LogP contribution in [0.3, 0.4) is 0 Å². The van der Waals surface area contributed by atoms with Crippen LogP contribution in [0, 0.1) is 5.92 Å². The van der Waals surface area contributed by atoms with E-state index >= 15 is 0 Å². The first kappa shape index (κ1) is 34.0. The molecule has 0 N–H and O–H groups in total. The van der Waals surface area contributed by atoms with Crippen molar-refractivity contribution in [2.24, 2.45) is 5.92 Å². The maximum atomic E-state index is 7.07. The average Bonchev–Trinajstić information content (AvgIpc) is 3.43. The topological polar surface area (TPSA) is 46.2 Å². The summed E-state index contributed by atoms with van der Waals surface area (Å²) in [4.78, 5) is 0. The highest BCUT2D eigenvalue weighted by Gasteiger charge is 2.56. The third-order valence-electron chi connectivity index (χ3n) is 10.1. The number of ether oxygens (including phenoxy) is 4. The first-order chi connectivity index (χ1) is 22.7. The molecule has 2 spiro atoms. The molecule has 3 aromatic carbocycles. The van der Waals surface area contributed by atoms with Crippen LogP contribution in [0.15, 0.2) is 115 Å². The van der Waals surface area contributed by atoms with Crippen LogP contribution in [-0.2, 0) is 30.0 Å². The molecule has 5 nitrogen and oxygen atoms in total. The minimum atomic E-state index is -2.51. The van der Waals surface area contributed by atoms with Crippen LogP contribution < -0.4 is 10.4 Å². The van der Waals surface area contributed by atoms with Crippen molar-refractivity contribution in [2.75, 3.05) is 13.2 Å². The molecule has 250 valence electrons. The minimum absolute atomic E-state index is 0.0174. The molecule has 3 aliphatic heterocycles. The maximum absolute atomic E-state index is 7.07. The second-order valence-corrected chi connectivity index (χ2v) is 18.8. The fraction of sp³-hybridized carbons (Fsp3) is 0.463. The monoisotopic (exact) mass is 652 g/mol. The summed E-state index contributed by atoms with van der Waals surface area (Å²) in [6, 6.07) is 32.1. The highest BCUT2D eigenvalue weighted by molar-refractivity contribution is 6.99. The van der Waals surface area contributed by atoms with Crippen molar-refractivity contribution in [3.63, 3.8) is 0 Å². The zero-order valence-electron chi connectivity index (χ0n) is 28.6. The van der Waals surface area contributed by atoms with Gasteiger partial charge in [-0.3, -0.25) is 0 Å². The third-order valence-corrected chi connectivity index (χ3v) is 15.1. The van der Waals surface area contributed by atoms with Gasteiger partial charge in [-0.25, -0.2) is 0 Å². The Labute approximate surface area is 283 Å². The van der Waals surface area contributed by atoms with Gasteiger partial charge in [0.15, 0.2) is 11.6 Å². The van der Waals surface area contributed by atoms with E-state index in [9.17, 15) is 0 Å². The van der Waals surface area contributed by atoms with Crippen molar-refractivity contribution in [1.82, 2.24) is 0 Å². The van der Waals surface area contributed by atoms with Crippen LogP contribution in [0.2, 0.25) is 5.04 Å². The Balaban J connectivity index is 1.01. The van der Waals surface area contributed by atoms with Crippen LogP contribution in [0.4, 0.5) is 0 Å². The lowest BCUT2D eigenvalue weighted by Crippen LogP contribution is -2.66. The highest BCUT2D eigenvalue weighted by Crippen LogP contribution is 2.49. The van der Waals surface area contributed by atoms with Crippen LogP contribution in [0.5, 0.6) is 0 Å². The maximum Gasteiger partial charge on any atom is 0.261 e. The van der Waals surface area contributed by atoms with Crippen molar-refractivity contribution < 1.29 is 23.4 Å². The van der Waals surface area contributed by atoms with Crippen molar-refractivity contribution in [3.8, 4) is 0 Å². The molecule has 3 heterocycles. The van der Waals surface area contributed by atoms with Crippen molar-refractivity contribution in [2.45, 2.75) is 102 Å². The van der Waals surface area contributed by atoms with E-state index in [4.69, 9.17) is 23.4 Å². The lowest BCUT2D eigenvalue weighted by atomic mass is 9.89. The molecular formula is C41H52O5Si. The van der Waals surface area contributed by atoms with Gasteiger partial charge in [-0.2, -0.15) is 0 Å². The lowest BCUT2D eigenvalue weighted by molar-refractivity contribution is -0.346. The Morgan fingerprint density at radius 3 is 2.19 bits per heavy atom. The molecule has 6 heteroatoms. The van der Waals surface area contributed by atoms with E-state index < -0.39 is 19.9 Å². The average molecular weight is 653 g/mol. The Kier molecular flexibility index (Phi) is 10.7. The number of allylic oxidation sites excluding steroid dienone is 1. The van der Waals surface area contributed by atoms with E-state index in [-0.39, 0.29) is 23.2 Å². The number of hydrogen-bond donors (Lipinski definition) is 0. The summed E-state index contributed by atoms with van der Waals surface area (Å²) in [5, 5.41) is 2.63. The van der Waals surface area contributed by atoms with Crippen LogP contribution >= 0.6 is 0 Å². The molecule has 0 amide bonds. The standard InChI is InChI=1S/C41H52O5Si/c1-33-30-36(42-31-34-18-9-5-10-19-34)32-43-41(33)28-27-40(46-41)26-17-21-35(45-40)20-11-8-16-29-44-47(39(2,3)4,37-22-12-6-13-23-37)38-24-14-7-15-25-38/h5-7,9-15,17-20,22-26,33,35-36H,8,16,21,27-32H2,1-4H3/b20-11+/t33-,35+,36-,40-,41+/m0/s1. The highest BCUT2D eigenvalue weighted by atomic mass is 28.4. The Morgan fingerprint density at radius 2 is 1.55 bits per heavy atom. The molecule has 6 rings (SSSR count). The first-order valence-corrected chi connectivity index (χ1v) is 19.4. The van der Waals surface area contributed by atoms with Gasteiger partial charge in [0.1, 0.15) is 0 Å². The fourth-order valence-corrected chi connectivity index (χ4v) is 12.2. The van der Waals surface area contributed by atoms with Crippen molar-refractivity contribution >= 4 is 18.7 Å². The number of benzene rings is 3. The quantitative estimate of drug-likeness (QED) is 0.119.